The molecule has 1 aromatic carbocycles. The van der Waals surface area contributed by atoms with Crippen LogP contribution in [-0.4, -0.2) is 35.6 Å². The molecule has 0 radical (unpaired) electrons. The minimum atomic E-state index is -0.905. The zero-order valence-corrected chi connectivity index (χ0v) is 9.78. The van der Waals surface area contributed by atoms with Gasteiger partial charge in [-0.2, -0.15) is 0 Å². The summed E-state index contributed by atoms with van der Waals surface area (Å²) in [4.78, 5) is 12.3. The van der Waals surface area contributed by atoms with E-state index in [1.165, 1.54) is 6.07 Å². The van der Waals surface area contributed by atoms with Crippen LogP contribution in [0.5, 0.6) is 0 Å². The van der Waals surface area contributed by atoms with Gasteiger partial charge >= 0.3 is 5.97 Å². The maximum atomic E-state index is 12.9. The zero-order valence-electron chi connectivity index (χ0n) is 9.78. The number of carbonyl (C=O) groups is 1. The summed E-state index contributed by atoms with van der Waals surface area (Å²) in [6.45, 7) is 2.05. The van der Waals surface area contributed by atoms with E-state index in [4.69, 9.17) is 5.11 Å². The van der Waals surface area contributed by atoms with Crippen molar-refractivity contribution in [3.05, 3.63) is 35.4 Å². The summed E-state index contributed by atoms with van der Waals surface area (Å²) in [5.74, 6) is -2.66. The van der Waals surface area contributed by atoms with Gasteiger partial charge < -0.3 is 5.11 Å². The van der Waals surface area contributed by atoms with Gasteiger partial charge in [0.15, 0.2) is 11.6 Å². The van der Waals surface area contributed by atoms with E-state index in [2.05, 4.69) is 0 Å². The molecular formula is C12H15F2NO2. The molecule has 1 atom stereocenters. The van der Waals surface area contributed by atoms with E-state index in [1.807, 2.05) is 0 Å². The number of carboxylic acids is 1. The molecule has 1 rings (SSSR count). The van der Waals surface area contributed by atoms with Crippen molar-refractivity contribution in [3.63, 3.8) is 0 Å². The van der Waals surface area contributed by atoms with E-state index in [9.17, 15) is 13.6 Å². The van der Waals surface area contributed by atoms with Crippen LogP contribution in [-0.2, 0) is 11.2 Å². The van der Waals surface area contributed by atoms with Gasteiger partial charge in [-0.3, -0.25) is 9.69 Å². The van der Waals surface area contributed by atoms with Crippen molar-refractivity contribution in [1.29, 1.82) is 0 Å². The standard InChI is InChI=1S/C12H15F2NO2/c1-8(12(16)17)15(2)6-5-9-3-4-10(13)11(14)7-9/h3-4,7-8H,5-6H2,1-2H3,(H,16,17). The molecule has 1 aromatic rings. The molecule has 0 heterocycles. The zero-order chi connectivity index (χ0) is 13.0. The third-order valence-electron chi connectivity index (χ3n) is 2.76. The minimum absolute atomic E-state index is 0.471. The van der Waals surface area contributed by atoms with Gasteiger partial charge in [0.1, 0.15) is 6.04 Å². The van der Waals surface area contributed by atoms with E-state index in [1.54, 1.807) is 18.9 Å². The molecule has 0 spiro atoms. The van der Waals surface area contributed by atoms with Crippen molar-refractivity contribution in [3.8, 4) is 0 Å². The molecule has 0 amide bonds. The van der Waals surface area contributed by atoms with Gasteiger partial charge in [0, 0.05) is 6.54 Å². The van der Waals surface area contributed by atoms with E-state index < -0.39 is 23.6 Å². The highest BCUT2D eigenvalue weighted by Gasteiger charge is 2.16. The summed E-state index contributed by atoms with van der Waals surface area (Å²) >= 11 is 0. The number of hydrogen-bond acceptors (Lipinski definition) is 2. The van der Waals surface area contributed by atoms with Crippen LogP contribution in [0.2, 0.25) is 0 Å². The van der Waals surface area contributed by atoms with Crippen LogP contribution in [0.4, 0.5) is 8.78 Å². The van der Waals surface area contributed by atoms with Crippen LogP contribution in [0.25, 0.3) is 0 Å². The molecule has 0 bridgehead atoms. The molecule has 94 valence electrons. The van der Waals surface area contributed by atoms with Crippen LogP contribution >= 0.6 is 0 Å². The predicted molar refractivity (Wildman–Crippen MR) is 59.8 cm³/mol. The van der Waals surface area contributed by atoms with Crippen LogP contribution in [0, 0.1) is 11.6 Å². The topological polar surface area (TPSA) is 40.5 Å². The summed E-state index contributed by atoms with van der Waals surface area (Å²) in [6, 6.07) is 3.11. The minimum Gasteiger partial charge on any atom is -0.480 e. The average molecular weight is 243 g/mol. The highest BCUT2D eigenvalue weighted by atomic mass is 19.2. The lowest BCUT2D eigenvalue weighted by Gasteiger charge is -2.20. The lowest BCUT2D eigenvalue weighted by Crippen LogP contribution is -2.37. The van der Waals surface area contributed by atoms with E-state index >= 15 is 0 Å². The summed E-state index contributed by atoms with van der Waals surface area (Å²) in [6.07, 6.45) is 0.478. The Morgan fingerprint density at radius 1 is 1.41 bits per heavy atom. The van der Waals surface area contributed by atoms with Crippen LogP contribution in [0.15, 0.2) is 18.2 Å². The van der Waals surface area contributed by atoms with Crippen molar-refractivity contribution in [2.75, 3.05) is 13.6 Å². The van der Waals surface area contributed by atoms with E-state index in [-0.39, 0.29) is 0 Å². The lowest BCUT2D eigenvalue weighted by molar-refractivity contribution is -0.142. The Kier molecular flexibility index (Phi) is 4.57. The summed E-state index contributed by atoms with van der Waals surface area (Å²) in [7, 11) is 1.68. The normalized spacial score (nSPS) is 12.8. The number of likely N-dealkylation sites (N-methyl/N-ethyl adjacent to an activating group) is 1. The molecule has 17 heavy (non-hydrogen) atoms. The molecule has 1 unspecified atom stereocenters. The molecular weight excluding hydrogens is 228 g/mol. The highest BCUT2D eigenvalue weighted by molar-refractivity contribution is 5.72. The fourth-order valence-corrected chi connectivity index (χ4v) is 1.38. The number of rotatable bonds is 5. The SMILES string of the molecule is CC(C(=O)O)N(C)CCc1ccc(F)c(F)c1. The third-order valence-corrected chi connectivity index (χ3v) is 2.76. The van der Waals surface area contributed by atoms with E-state index in [0.717, 1.165) is 12.1 Å². The summed E-state index contributed by atoms with van der Waals surface area (Å²) in [5, 5.41) is 8.78. The molecule has 0 aromatic heterocycles. The second kappa shape index (κ2) is 5.72. The molecule has 0 saturated heterocycles. The molecule has 3 nitrogen and oxygen atoms in total. The number of halogens is 2. The number of hydrogen-bond donors (Lipinski definition) is 1. The third kappa shape index (κ3) is 3.78. The second-order valence-corrected chi connectivity index (χ2v) is 3.99. The molecule has 5 heteroatoms. The molecule has 0 aliphatic heterocycles. The van der Waals surface area contributed by atoms with Gasteiger partial charge in [0.25, 0.3) is 0 Å². The Morgan fingerprint density at radius 3 is 2.59 bits per heavy atom. The Morgan fingerprint density at radius 2 is 2.06 bits per heavy atom. The number of carboxylic acid groups (broad SMARTS) is 1. The Labute approximate surface area is 98.7 Å². The van der Waals surface area contributed by atoms with E-state index in [0.29, 0.717) is 18.5 Å². The van der Waals surface area contributed by atoms with Crippen molar-refractivity contribution in [2.45, 2.75) is 19.4 Å². The first-order valence-corrected chi connectivity index (χ1v) is 5.28. The monoisotopic (exact) mass is 243 g/mol. The van der Waals surface area contributed by atoms with Gasteiger partial charge in [-0.25, -0.2) is 8.78 Å². The maximum absolute atomic E-state index is 12.9. The Balaban J connectivity index is 2.55. The first kappa shape index (κ1) is 13.6. The Hall–Kier alpha value is -1.49. The van der Waals surface area contributed by atoms with Crippen LogP contribution < -0.4 is 0 Å². The quantitative estimate of drug-likeness (QED) is 0.858. The largest absolute Gasteiger partial charge is 0.480 e. The number of benzene rings is 1. The smallest absolute Gasteiger partial charge is 0.320 e. The van der Waals surface area contributed by atoms with Crippen LogP contribution in [0.1, 0.15) is 12.5 Å². The number of nitrogens with zero attached hydrogens (tertiary/aromatic N) is 1. The van der Waals surface area contributed by atoms with Crippen LogP contribution in [0.3, 0.4) is 0 Å². The first-order chi connectivity index (χ1) is 7.91. The lowest BCUT2D eigenvalue weighted by atomic mass is 10.1. The molecule has 0 fully saturated rings. The summed E-state index contributed by atoms with van der Waals surface area (Å²) in [5.41, 5.74) is 0.647. The molecule has 0 aliphatic rings. The highest BCUT2D eigenvalue weighted by Crippen LogP contribution is 2.10. The van der Waals surface area contributed by atoms with Gasteiger partial charge in [-0.15, -0.1) is 0 Å². The fraction of sp³-hybridized carbons (Fsp3) is 0.417. The number of aliphatic carboxylic acids is 1. The van der Waals surface area contributed by atoms with Gasteiger partial charge in [-0.05, 0) is 38.1 Å². The van der Waals surface area contributed by atoms with Crippen molar-refractivity contribution < 1.29 is 18.7 Å². The first-order valence-electron chi connectivity index (χ1n) is 5.28. The molecule has 0 aliphatic carbocycles. The maximum Gasteiger partial charge on any atom is 0.320 e. The Bertz CT molecular complexity index is 409. The van der Waals surface area contributed by atoms with Crippen molar-refractivity contribution in [2.24, 2.45) is 0 Å². The average Bonchev–Trinajstić information content (AvgIpc) is 2.29. The second-order valence-electron chi connectivity index (χ2n) is 3.99. The summed E-state index contributed by atoms with van der Waals surface area (Å²) < 4.78 is 25.6. The van der Waals surface area contributed by atoms with Gasteiger partial charge in [0.2, 0.25) is 0 Å². The van der Waals surface area contributed by atoms with Crippen molar-refractivity contribution >= 4 is 5.97 Å². The van der Waals surface area contributed by atoms with Gasteiger partial charge in [0.05, 0.1) is 0 Å². The molecule has 1 N–H and O–H groups in total. The van der Waals surface area contributed by atoms with Gasteiger partial charge in [-0.1, -0.05) is 6.07 Å². The predicted octanol–water partition coefficient (Wildman–Crippen LogP) is 1.91. The molecule has 0 saturated carbocycles. The van der Waals surface area contributed by atoms with Crippen molar-refractivity contribution in [1.82, 2.24) is 4.90 Å². The fourth-order valence-electron chi connectivity index (χ4n) is 1.38.